The van der Waals surface area contributed by atoms with Crippen LogP contribution in [0.25, 0.3) is 10.8 Å². The van der Waals surface area contributed by atoms with E-state index in [1.54, 1.807) is 6.20 Å². The van der Waals surface area contributed by atoms with Crippen molar-refractivity contribution < 1.29 is 9.53 Å². The Morgan fingerprint density at radius 1 is 1.15 bits per heavy atom. The lowest BCUT2D eigenvalue weighted by molar-refractivity contribution is 0.0390. The normalized spacial score (nSPS) is 17.7. The van der Waals surface area contributed by atoms with Gasteiger partial charge in [-0.1, -0.05) is 49.4 Å². The molecule has 1 aliphatic rings. The van der Waals surface area contributed by atoms with E-state index in [0.717, 1.165) is 66.7 Å². The van der Waals surface area contributed by atoms with Gasteiger partial charge in [-0.15, -0.1) is 0 Å². The number of hydrogen-bond donors (Lipinski definition) is 1. The summed E-state index contributed by atoms with van der Waals surface area (Å²) in [7, 11) is 0. The van der Waals surface area contributed by atoms with Crippen LogP contribution in [0.3, 0.4) is 0 Å². The molecule has 2 aromatic carbocycles. The molecule has 0 radical (unpaired) electrons. The molecule has 1 amide bonds. The Balaban J connectivity index is 1.38. The first-order valence-electron chi connectivity index (χ1n) is 12.2. The van der Waals surface area contributed by atoms with Gasteiger partial charge in [0.25, 0.3) is 5.91 Å². The number of benzene rings is 2. The number of pyridine rings is 1. The molecule has 6 heteroatoms. The predicted octanol–water partition coefficient (Wildman–Crippen LogP) is 4.92. The predicted molar refractivity (Wildman–Crippen MR) is 141 cm³/mol. The van der Waals surface area contributed by atoms with E-state index in [-0.39, 0.29) is 5.91 Å². The first-order chi connectivity index (χ1) is 16.7. The molecule has 1 aromatic heterocycles. The Bertz CT molecular complexity index is 1060. The average Bonchev–Trinajstić information content (AvgIpc) is 2.89. The standard InChI is InChI=1S/C28H35N3O2S/c1-22(21-34)18-30-14-15-31(28(32)27-12-4-9-24-8-2-3-11-26(24)27)19-25(30)10-6-16-33-20-23-7-5-13-29-17-23/h2-5,7-9,11-13,17,22,25,34H,6,10,14-16,18-21H2,1H3. The summed E-state index contributed by atoms with van der Waals surface area (Å²) in [6, 6.07) is 18.4. The Kier molecular flexibility index (Phi) is 8.97. The molecule has 5 nitrogen and oxygen atoms in total. The van der Waals surface area contributed by atoms with E-state index in [2.05, 4.69) is 41.6 Å². The number of piperazine rings is 1. The quantitative estimate of drug-likeness (QED) is 0.332. The summed E-state index contributed by atoms with van der Waals surface area (Å²) < 4.78 is 5.89. The molecule has 2 heterocycles. The summed E-state index contributed by atoms with van der Waals surface area (Å²) in [4.78, 5) is 22.3. The van der Waals surface area contributed by atoms with E-state index in [0.29, 0.717) is 25.2 Å². The Morgan fingerprint density at radius 3 is 2.82 bits per heavy atom. The van der Waals surface area contributed by atoms with E-state index >= 15 is 0 Å². The third-order valence-corrected chi connectivity index (χ3v) is 7.21. The molecule has 2 atom stereocenters. The highest BCUT2D eigenvalue weighted by atomic mass is 32.1. The van der Waals surface area contributed by atoms with Crippen LogP contribution in [0, 0.1) is 5.92 Å². The molecule has 1 aliphatic heterocycles. The fourth-order valence-corrected chi connectivity index (χ4v) is 4.84. The lowest BCUT2D eigenvalue weighted by Gasteiger charge is -2.42. The van der Waals surface area contributed by atoms with Crippen molar-refractivity contribution in [2.75, 3.05) is 38.5 Å². The van der Waals surface area contributed by atoms with Gasteiger partial charge in [-0.3, -0.25) is 14.7 Å². The van der Waals surface area contributed by atoms with E-state index < -0.39 is 0 Å². The Morgan fingerprint density at radius 2 is 2.00 bits per heavy atom. The summed E-state index contributed by atoms with van der Waals surface area (Å²) in [5.74, 6) is 1.53. The molecule has 3 aromatic rings. The smallest absolute Gasteiger partial charge is 0.254 e. The lowest BCUT2D eigenvalue weighted by Crippen LogP contribution is -2.55. The lowest BCUT2D eigenvalue weighted by atomic mass is 10.0. The first kappa shape index (κ1) is 24.7. The van der Waals surface area contributed by atoms with Gasteiger partial charge in [0.1, 0.15) is 0 Å². The number of ether oxygens (including phenoxy) is 1. The number of hydrogen-bond acceptors (Lipinski definition) is 5. The maximum absolute atomic E-state index is 13.5. The molecule has 1 fully saturated rings. The van der Waals surface area contributed by atoms with Gasteiger partial charge in [-0.2, -0.15) is 12.6 Å². The number of carbonyl (C=O) groups excluding carboxylic acids is 1. The molecule has 0 aliphatic carbocycles. The van der Waals surface area contributed by atoms with Crippen molar-refractivity contribution in [2.45, 2.75) is 32.4 Å². The van der Waals surface area contributed by atoms with Crippen LogP contribution in [0.15, 0.2) is 67.0 Å². The van der Waals surface area contributed by atoms with Crippen molar-refractivity contribution in [3.8, 4) is 0 Å². The van der Waals surface area contributed by atoms with Gasteiger partial charge in [0.2, 0.25) is 0 Å². The van der Waals surface area contributed by atoms with Crippen LogP contribution in [0.5, 0.6) is 0 Å². The molecule has 180 valence electrons. The fourth-order valence-electron chi connectivity index (χ4n) is 4.73. The van der Waals surface area contributed by atoms with Gasteiger partial charge in [0.15, 0.2) is 0 Å². The SMILES string of the molecule is CC(CS)CN1CCN(C(=O)c2cccc3ccccc23)CC1CCCOCc1cccnc1. The van der Waals surface area contributed by atoms with E-state index in [4.69, 9.17) is 4.74 Å². The molecule has 1 saturated heterocycles. The third-order valence-electron chi connectivity index (χ3n) is 6.59. The van der Waals surface area contributed by atoms with Crippen molar-refractivity contribution >= 4 is 29.3 Å². The molecular weight excluding hydrogens is 442 g/mol. The van der Waals surface area contributed by atoms with Crippen molar-refractivity contribution in [2.24, 2.45) is 5.92 Å². The van der Waals surface area contributed by atoms with E-state index in [1.165, 1.54) is 0 Å². The number of rotatable bonds is 10. The van der Waals surface area contributed by atoms with Crippen LogP contribution in [0.1, 0.15) is 35.7 Å². The minimum atomic E-state index is 0.136. The molecule has 0 bridgehead atoms. The summed E-state index contributed by atoms with van der Waals surface area (Å²) in [5.41, 5.74) is 1.89. The van der Waals surface area contributed by atoms with Gasteiger partial charge in [0, 0.05) is 56.8 Å². The van der Waals surface area contributed by atoms with Crippen LogP contribution in [-0.4, -0.2) is 65.3 Å². The van der Waals surface area contributed by atoms with Gasteiger partial charge in [-0.25, -0.2) is 0 Å². The van der Waals surface area contributed by atoms with Gasteiger partial charge < -0.3 is 9.64 Å². The summed E-state index contributed by atoms with van der Waals surface area (Å²) >= 11 is 4.49. The van der Waals surface area contributed by atoms with Crippen molar-refractivity contribution in [1.82, 2.24) is 14.8 Å². The summed E-state index contributed by atoms with van der Waals surface area (Å²) in [5, 5.41) is 2.14. The molecule has 0 N–H and O–H groups in total. The third kappa shape index (κ3) is 6.38. The average molecular weight is 478 g/mol. The van der Waals surface area contributed by atoms with Crippen molar-refractivity contribution in [3.63, 3.8) is 0 Å². The van der Waals surface area contributed by atoms with Crippen molar-refractivity contribution in [3.05, 3.63) is 78.1 Å². The van der Waals surface area contributed by atoms with Gasteiger partial charge >= 0.3 is 0 Å². The first-order valence-corrected chi connectivity index (χ1v) is 12.9. The molecule has 34 heavy (non-hydrogen) atoms. The van der Waals surface area contributed by atoms with Gasteiger partial charge in [0.05, 0.1) is 6.61 Å². The van der Waals surface area contributed by atoms with Gasteiger partial charge in [-0.05, 0) is 53.0 Å². The maximum atomic E-state index is 13.5. The highest BCUT2D eigenvalue weighted by Crippen LogP contribution is 2.23. The van der Waals surface area contributed by atoms with Crippen LogP contribution >= 0.6 is 12.6 Å². The van der Waals surface area contributed by atoms with E-state index in [9.17, 15) is 4.79 Å². The van der Waals surface area contributed by atoms with Crippen molar-refractivity contribution in [1.29, 1.82) is 0 Å². The topological polar surface area (TPSA) is 45.7 Å². The molecule has 0 spiro atoms. The molecule has 4 rings (SSSR count). The molecular formula is C28H35N3O2S. The number of amides is 1. The second kappa shape index (κ2) is 12.3. The van der Waals surface area contributed by atoms with Crippen LogP contribution in [-0.2, 0) is 11.3 Å². The zero-order valence-electron chi connectivity index (χ0n) is 20.0. The number of aromatic nitrogens is 1. The second-order valence-electron chi connectivity index (χ2n) is 9.27. The maximum Gasteiger partial charge on any atom is 0.254 e. The molecule has 2 unspecified atom stereocenters. The monoisotopic (exact) mass is 477 g/mol. The minimum Gasteiger partial charge on any atom is -0.377 e. The number of nitrogens with zero attached hydrogens (tertiary/aromatic N) is 3. The summed E-state index contributed by atoms with van der Waals surface area (Å²) in [6.07, 6.45) is 5.59. The minimum absolute atomic E-state index is 0.136. The van der Waals surface area contributed by atoms with Crippen LogP contribution in [0.2, 0.25) is 0 Å². The Hall–Kier alpha value is -2.41. The molecule has 0 saturated carbocycles. The Labute approximate surface area is 208 Å². The number of fused-ring (bicyclic) bond motifs is 1. The number of carbonyl (C=O) groups is 1. The highest BCUT2D eigenvalue weighted by molar-refractivity contribution is 7.80. The zero-order valence-corrected chi connectivity index (χ0v) is 20.9. The van der Waals surface area contributed by atoms with Crippen LogP contribution < -0.4 is 0 Å². The fraction of sp³-hybridized carbons (Fsp3) is 0.429. The summed E-state index contributed by atoms with van der Waals surface area (Å²) in [6.45, 7) is 6.97. The highest BCUT2D eigenvalue weighted by Gasteiger charge is 2.30. The van der Waals surface area contributed by atoms with E-state index in [1.807, 2.05) is 53.6 Å². The number of thiol groups is 1. The zero-order chi connectivity index (χ0) is 23.8. The second-order valence-corrected chi connectivity index (χ2v) is 9.64. The van der Waals surface area contributed by atoms with Crippen LogP contribution in [0.4, 0.5) is 0 Å². The largest absolute Gasteiger partial charge is 0.377 e.